The molecule has 1 atom stereocenters. The summed E-state index contributed by atoms with van der Waals surface area (Å²) in [5.74, 6) is -0.144. The highest BCUT2D eigenvalue weighted by Crippen LogP contribution is 2.27. The first-order valence-corrected chi connectivity index (χ1v) is 5.88. The van der Waals surface area contributed by atoms with Crippen molar-refractivity contribution in [2.75, 3.05) is 18.5 Å². The molecule has 3 nitrogen and oxygen atoms in total. The molecule has 0 radical (unpaired) electrons. The fourth-order valence-corrected chi connectivity index (χ4v) is 2.18. The Kier molecular flexibility index (Phi) is 3.14. The summed E-state index contributed by atoms with van der Waals surface area (Å²) in [6, 6.07) is 7.95. The van der Waals surface area contributed by atoms with E-state index < -0.39 is 0 Å². The van der Waals surface area contributed by atoms with Crippen LogP contribution in [-0.4, -0.2) is 19.4 Å². The molecule has 0 bridgehead atoms. The monoisotopic (exact) mass is 228 g/mol. The van der Waals surface area contributed by atoms with Gasteiger partial charge >= 0.3 is 0 Å². The summed E-state index contributed by atoms with van der Waals surface area (Å²) < 4.78 is 0. The van der Waals surface area contributed by atoms with E-state index in [1.807, 2.05) is 18.2 Å². The van der Waals surface area contributed by atoms with Crippen molar-refractivity contribution in [3.63, 3.8) is 0 Å². The average Bonchev–Trinajstić information content (AvgIpc) is 2.70. The first-order chi connectivity index (χ1) is 8.11. The third-order valence-electron chi connectivity index (χ3n) is 3.24. The Bertz CT molecular complexity index is 487. The molecule has 1 aromatic rings. The Morgan fingerprint density at radius 1 is 1.59 bits per heavy atom. The number of hydrogen-bond donors (Lipinski definition) is 0. The van der Waals surface area contributed by atoms with E-state index in [0.717, 1.165) is 18.5 Å². The first kappa shape index (κ1) is 11.7. The lowest BCUT2D eigenvalue weighted by Gasteiger charge is -2.12. The number of Topliss-reactive ketones (excluding diaryl/α,β-unsaturated/α-hetero) is 1. The van der Waals surface area contributed by atoms with Crippen LogP contribution in [0.2, 0.25) is 0 Å². The molecular weight excluding hydrogens is 212 g/mol. The fourth-order valence-electron chi connectivity index (χ4n) is 2.18. The SMILES string of the molecule is CC(C#N)CC(=O)c1ccc2c(c1)CCN2C. The lowest BCUT2D eigenvalue weighted by Crippen LogP contribution is -2.12. The van der Waals surface area contributed by atoms with Crippen molar-refractivity contribution in [3.05, 3.63) is 29.3 Å². The maximum absolute atomic E-state index is 11.9. The summed E-state index contributed by atoms with van der Waals surface area (Å²) in [6.45, 7) is 2.79. The molecule has 3 heteroatoms. The number of nitriles is 1. The third-order valence-corrected chi connectivity index (χ3v) is 3.24. The molecule has 1 aliphatic rings. The predicted molar refractivity (Wildman–Crippen MR) is 67.1 cm³/mol. The Labute approximate surface area is 102 Å². The van der Waals surface area contributed by atoms with Crippen molar-refractivity contribution in [2.45, 2.75) is 19.8 Å². The Balaban J connectivity index is 2.19. The number of carbonyl (C=O) groups is 1. The van der Waals surface area contributed by atoms with Gasteiger partial charge in [0.2, 0.25) is 0 Å². The maximum Gasteiger partial charge on any atom is 0.164 e. The quantitative estimate of drug-likeness (QED) is 0.746. The molecule has 0 amide bonds. The Hall–Kier alpha value is -1.82. The van der Waals surface area contributed by atoms with Gasteiger partial charge in [-0.1, -0.05) is 0 Å². The largest absolute Gasteiger partial charge is 0.374 e. The van der Waals surface area contributed by atoms with Gasteiger partial charge in [-0.3, -0.25) is 4.79 Å². The van der Waals surface area contributed by atoms with Gasteiger partial charge < -0.3 is 4.90 Å². The van der Waals surface area contributed by atoms with Crippen LogP contribution in [0.1, 0.15) is 29.3 Å². The third kappa shape index (κ3) is 2.31. The molecule has 0 aliphatic carbocycles. The van der Waals surface area contributed by atoms with Crippen molar-refractivity contribution in [2.24, 2.45) is 5.92 Å². The summed E-state index contributed by atoms with van der Waals surface area (Å²) in [5.41, 5.74) is 3.19. The average molecular weight is 228 g/mol. The van der Waals surface area contributed by atoms with Gasteiger partial charge in [0.05, 0.1) is 12.0 Å². The van der Waals surface area contributed by atoms with Crippen LogP contribution in [0.25, 0.3) is 0 Å². The number of ketones is 1. The molecule has 1 aliphatic heterocycles. The summed E-state index contributed by atoms with van der Waals surface area (Å²) in [5, 5.41) is 8.71. The van der Waals surface area contributed by atoms with Crippen LogP contribution in [0.15, 0.2) is 18.2 Å². The molecule has 0 aromatic heterocycles. The number of anilines is 1. The number of carbonyl (C=O) groups excluding carboxylic acids is 1. The minimum Gasteiger partial charge on any atom is -0.374 e. The van der Waals surface area contributed by atoms with Crippen LogP contribution in [-0.2, 0) is 6.42 Å². The Morgan fingerprint density at radius 3 is 3.06 bits per heavy atom. The second kappa shape index (κ2) is 4.58. The minimum absolute atomic E-state index is 0.0661. The van der Waals surface area contributed by atoms with E-state index in [9.17, 15) is 4.79 Å². The highest BCUT2D eigenvalue weighted by molar-refractivity contribution is 5.97. The lowest BCUT2D eigenvalue weighted by atomic mass is 9.98. The number of hydrogen-bond acceptors (Lipinski definition) is 3. The standard InChI is InChI=1S/C14H16N2O/c1-10(9-15)7-14(17)12-3-4-13-11(8-12)5-6-16(13)2/h3-4,8,10H,5-7H2,1-2H3. The molecular formula is C14H16N2O. The van der Waals surface area contributed by atoms with Gasteiger partial charge in [0.25, 0.3) is 0 Å². The van der Waals surface area contributed by atoms with E-state index in [1.54, 1.807) is 6.92 Å². The van der Waals surface area contributed by atoms with Crippen LogP contribution < -0.4 is 4.90 Å². The van der Waals surface area contributed by atoms with Crippen molar-refractivity contribution in [3.8, 4) is 6.07 Å². The number of nitrogens with zero attached hydrogens (tertiary/aromatic N) is 2. The molecule has 88 valence electrons. The smallest absolute Gasteiger partial charge is 0.164 e. The van der Waals surface area contributed by atoms with Crippen molar-refractivity contribution in [1.29, 1.82) is 5.26 Å². The van der Waals surface area contributed by atoms with Crippen LogP contribution in [0.4, 0.5) is 5.69 Å². The van der Waals surface area contributed by atoms with Gasteiger partial charge in [0.1, 0.15) is 0 Å². The summed E-state index contributed by atoms with van der Waals surface area (Å²) in [6.07, 6.45) is 1.31. The molecule has 0 N–H and O–H groups in total. The van der Waals surface area contributed by atoms with E-state index in [-0.39, 0.29) is 11.7 Å². The van der Waals surface area contributed by atoms with Gasteiger partial charge in [-0.15, -0.1) is 0 Å². The zero-order chi connectivity index (χ0) is 12.4. The minimum atomic E-state index is -0.210. The summed E-state index contributed by atoms with van der Waals surface area (Å²) in [7, 11) is 2.06. The number of benzene rings is 1. The predicted octanol–water partition coefficient (Wildman–Crippen LogP) is 2.41. The van der Waals surface area contributed by atoms with E-state index in [1.165, 1.54) is 11.3 Å². The first-order valence-electron chi connectivity index (χ1n) is 5.88. The topological polar surface area (TPSA) is 44.1 Å². The van der Waals surface area contributed by atoms with Crippen molar-refractivity contribution < 1.29 is 4.79 Å². The number of likely N-dealkylation sites (N-methyl/N-ethyl adjacent to an activating group) is 1. The van der Waals surface area contributed by atoms with E-state index in [0.29, 0.717) is 6.42 Å². The van der Waals surface area contributed by atoms with Gasteiger partial charge in [-0.2, -0.15) is 5.26 Å². The summed E-state index contributed by atoms with van der Waals surface area (Å²) >= 11 is 0. The normalized spacial score (nSPS) is 15.2. The molecule has 0 fully saturated rings. The second-order valence-electron chi connectivity index (χ2n) is 4.67. The van der Waals surface area contributed by atoms with E-state index in [4.69, 9.17) is 5.26 Å². The number of fused-ring (bicyclic) bond motifs is 1. The van der Waals surface area contributed by atoms with E-state index in [2.05, 4.69) is 18.0 Å². The molecule has 0 saturated heterocycles. The molecule has 17 heavy (non-hydrogen) atoms. The zero-order valence-electron chi connectivity index (χ0n) is 10.2. The zero-order valence-corrected chi connectivity index (χ0v) is 10.2. The second-order valence-corrected chi connectivity index (χ2v) is 4.67. The molecule has 0 saturated carbocycles. The van der Waals surface area contributed by atoms with Crippen LogP contribution in [0, 0.1) is 17.2 Å². The van der Waals surface area contributed by atoms with Crippen molar-refractivity contribution >= 4 is 11.5 Å². The Morgan fingerprint density at radius 2 is 2.35 bits per heavy atom. The maximum atomic E-state index is 11.9. The van der Waals surface area contributed by atoms with Gasteiger partial charge in [-0.25, -0.2) is 0 Å². The van der Waals surface area contributed by atoms with Crippen LogP contribution >= 0.6 is 0 Å². The van der Waals surface area contributed by atoms with Crippen molar-refractivity contribution in [1.82, 2.24) is 0 Å². The molecule has 0 spiro atoms. The van der Waals surface area contributed by atoms with Gasteiger partial charge in [0.15, 0.2) is 5.78 Å². The highest BCUT2D eigenvalue weighted by Gasteiger charge is 2.18. The lowest BCUT2D eigenvalue weighted by molar-refractivity contribution is 0.0972. The van der Waals surface area contributed by atoms with Gasteiger partial charge in [0, 0.05) is 31.3 Å². The molecule has 1 unspecified atom stereocenters. The van der Waals surface area contributed by atoms with Gasteiger partial charge in [-0.05, 0) is 37.1 Å². The molecule has 1 aromatic carbocycles. The number of rotatable bonds is 3. The van der Waals surface area contributed by atoms with Crippen LogP contribution in [0.3, 0.4) is 0 Å². The highest BCUT2D eigenvalue weighted by atomic mass is 16.1. The summed E-state index contributed by atoms with van der Waals surface area (Å²) in [4.78, 5) is 14.1. The molecule has 2 rings (SSSR count). The van der Waals surface area contributed by atoms with E-state index >= 15 is 0 Å². The molecule has 1 heterocycles. The van der Waals surface area contributed by atoms with Crippen LogP contribution in [0.5, 0.6) is 0 Å². The fraction of sp³-hybridized carbons (Fsp3) is 0.429.